The minimum absolute atomic E-state index is 0.318. The Hall–Kier alpha value is -2.67. The fourth-order valence-corrected chi connectivity index (χ4v) is 1.55. The van der Waals surface area contributed by atoms with Crippen molar-refractivity contribution in [1.29, 1.82) is 5.26 Å². The third-order valence-electron chi connectivity index (χ3n) is 2.42. The van der Waals surface area contributed by atoms with Gasteiger partial charge in [0.15, 0.2) is 0 Å². The Morgan fingerprint density at radius 3 is 2.72 bits per heavy atom. The molecular weight excluding hydrogens is 226 g/mol. The third kappa shape index (κ3) is 2.53. The number of carbonyl (C=O) groups is 1. The van der Waals surface area contributed by atoms with Crippen LogP contribution >= 0.6 is 0 Å². The molecule has 0 saturated carbocycles. The summed E-state index contributed by atoms with van der Waals surface area (Å²) in [7, 11) is 0. The molecule has 1 N–H and O–H groups in total. The van der Waals surface area contributed by atoms with Crippen LogP contribution in [-0.4, -0.2) is 10.9 Å². The Kier molecular flexibility index (Phi) is 3.35. The molecule has 88 valence electrons. The first-order valence-electron chi connectivity index (χ1n) is 5.45. The number of pyridine rings is 1. The van der Waals surface area contributed by atoms with Crippen LogP contribution in [0, 0.1) is 18.3 Å². The number of hydrogen-bond donors (Lipinski definition) is 1. The fraction of sp³-hybridized carbons (Fsp3) is 0.0714. The summed E-state index contributed by atoms with van der Waals surface area (Å²) >= 11 is 0. The maximum atomic E-state index is 12.0. The van der Waals surface area contributed by atoms with Crippen LogP contribution in [0.1, 0.15) is 21.7 Å². The number of amides is 1. The maximum absolute atomic E-state index is 12.0. The predicted octanol–water partition coefficient (Wildman–Crippen LogP) is 2.51. The second-order valence-electron chi connectivity index (χ2n) is 3.78. The summed E-state index contributed by atoms with van der Waals surface area (Å²) in [6.45, 7) is 1.82. The lowest BCUT2D eigenvalue weighted by molar-refractivity contribution is 0.102. The van der Waals surface area contributed by atoms with Crippen molar-refractivity contribution in [3.05, 3.63) is 59.4 Å². The van der Waals surface area contributed by atoms with Crippen LogP contribution in [0.5, 0.6) is 0 Å². The lowest BCUT2D eigenvalue weighted by Crippen LogP contribution is -2.14. The predicted molar refractivity (Wildman–Crippen MR) is 68.1 cm³/mol. The molecule has 4 nitrogen and oxygen atoms in total. The van der Waals surface area contributed by atoms with Crippen molar-refractivity contribution >= 4 is 11.6 Å². The minimum Gasteiger partial charge on any atom is -0.319 e. The molecular formula is C14H11N3O. The highest BCUT2D eigenvalue weighted by atomic mass is 16.1. The Labute approximate surface area is 105 Å². The SMILES string of the molecule is Cc1cccc(C(=O)Nc2ccccc2C#N)n1. The van der Waals surface area contributed by atoms with Crippen molar-refractivity contribution < 1.29 is 4.79 Å². The molecule has 0 saturated heterocycles. The zero-order chi connectivity index (χ0) is 13.0. The molecule has 0 spiro atoms. The zero-order valence-electron chi connectivity index (χ0n) is 9.84. The third-order valence-corrected chi connectivity index (χ3v) is 2.42. The molecule has 4 heteroatoms. The molecule has 0 aliphatic carbocycles. The van der Waals surface area contributed by atoms with Crippen molar-refractivity contribution in [2.45, 2.75) is 6.92 Å². The van der Waals surface area contributed by atoms with Gasteiger partial charge >= 0.3 is 0 Å². The molecule has 0 bridgehead atoms. The molecule has 2 aromatic rings. The van der Waals surface area contributed by atoms with Gasteiger partial charge in [0.2, 0.25) is 0 Å². The summed E-state index contributed by atoms with van der Waals surface area (Å²) in [6.07, 6.45) is 0. The number of benzene rings is 1. The van der Waals surface area contributed by atoms with Gasteiger partial charge in [0.05, 0.1) is 11.3 Å². The van der Waals surface area contributed by atoms with E-state index < -0.39 is 0 Å². The lowest BCUT2D eigenvalue weighted by Gasteiger charge is -2.06. The number of aromatic nitrogens is 1. The van der Waals surface area contributed by atoms with Gasteiger partial charge in [0.25, 0.3) is 5.91 Å². The van der Waals surface area contributed by atoms with Crippen molar-refractivity contribution in [2.75, 3.05) is 5.32 Å². The molecule has 1 amide bonds. The summed E-state index contributed by atoms with van der Waals surface area (Å²) in [4.78, 5) is 16.1. The number of nitrogens with one attached hydrogen (secondary N) is 1. The standard InChI is InChI=1S/C14H11N3O/c1-10-5-4-8-13(16-10)14(18)17-12-7-3-2-6-11(12)9-15/h2-8H,1H3,(H,17,18). The number of nitriles is 1. The molecule has 0 radical (unpaired) electrons. The number of para-hydroxylation sites is 1. The van der Waals surface area contributed by atoms with Crippen LogP contribution in [0.15, 0.2) is 42.5 Å². The molecule has 2 rings (SSSR count). The second kappa shape index (κ2) is 5.11. The van der Waals surface area contributed by atoms with Crippen LogP contribution in [0.4, 0.5) is 5.69 Å². The van der Waals surface area contributed by atoms with Gasteiger partial charge in [-0.3, -0.25) is 4.79 Å². The molecule has 1 aromatic heterocycles. The number of rotatable bonds is 2. The highest BCUT2D eigenvalue weighted by molar-refractivity contribution is 6.03. The fourth-order valence-electron chi connectivity index (χ4n) is 1.55. The van der Waals surface area contributed by atoms with E-state index in [2.05, 4.69) is 10.3 Å². The number of anilines is 1. The van der Waals surface area contributed by atoms with E-state index in [-0.39, 0.29) is 5.91 Å². The van der Waals surface area contributed by atoms with Crippen molar-refractivity contribution in [3.8, 4) is 6.07 Å². The highest BCUT2D eigenvalue weighted by Crippen LogP contribution is 2.14. The van der Waals surface area contributed by atoms with Gasteiger partial charge in [-0.25, -0.2) is 4.98 Å². The smallest absolute Gasteiger partial charge is 0.274 e. The normalized spacial score (nSPS) is 9.56. The number of carbonyl (C=O) groups excluding carboxylic acids is 1. The Bertz CT molecular complexity index is 629. The van der Waals surface area contributed by atoms with Gasteiger partial charge in [0.1, 0.15) is 11.8 Å². The van der Waals surface area contributed by atoms with E-state index in [0.29, 0.717) is 16.9 Å². The summed E-state index contributed by atoms with van der Waals surface area (Å²) < 4.78 is 0. The van der Waals surface area contributed by atoms with Crippen molar-refractivity contribution in [3.63, 3.8) is 0 Å². The quantitative estimate of drug-likeness (QED) is 0.872. The van der Waals surface area contributed by atoms with E-state index in [0.717, 1.165) is 5.69 Å². The first-order valence-corrected chi connectivity index (χ1v) is 5.45. The molecule has 0 unspecified atom stereocenters. The van der Waals surface area contributed by atoms with E-state index in [1.54, 1.807) is 36.4 Å². The van der Waals surface area contributed by atoms with E-state index in [9.17, 15) is 4.79 Å². The molecule has 0 aliphatic heterocycles. The average molecular weight is 237 g/mol. The molecule has 0 fully saturated rings. The zero-order valence-corrected chi connectivity index (χ0v) is 9.84. The first-order chi connectivity index (χ1) is 8.70. The van der Waals surface area contributed by atoms with Gasteiger partial charge in [0, 0.05) is 5.69 Å². The summed E-state index contributed by atoms with van der Waals surface area (Å²) in [5.74, 6) is -0.318. The molecule has 18 heavy (non-hydrogen) atoms. The van der Waals surface area contributed by atoms with Crippen LogP contribution in [0.25, 0.3) is 0 Å². The van der Waals surface area contributed by atoms with Crippen molar-refractivity contribution in [2.24, 2.45) is 0 Å². The molecule has 1 heterocycles. The van der Waals surface area contributed by atoms with Gasteiger partial charge in [-0.2, -0.15) is 5.26 Å². The van der Waals surface area contributed by atoms with E-state index in [1.165, 1.54) is 0 Å². The Balaban J connectivity index is 2.25. The minimum atomic E-state index is -0.318. The van der Waals surface area contributed by atoms with Crippen LogP contribution < -0.4 is 5.32 Å². The van der Waals surface area contributed by atoms with E-state index in [1.807, 2.05) is 19.1 Å². The van der Waals surface area contributed by atoms with Crippen LogP contribution in [0.2, 0.25) is 0 Å². The molecule has 1 aromatic carbocycles. The summed E-state index contributed by atoms with van der Waals surface area (Å²) in [5.41, 5.74) is 2.03. The first kappa shape index (κ1) is 11.8. The van der Waals surface area contributed by atoms with Gasteiger partial charge in [-0.15, -0.1) is 0 Å². The Morgan fingerprint density at radius 1 is 1.22 bits per heavy atom. The maximum Gasteiger partial charge on any atom is 0.274 e. The van der Waals surface area contributed by atoms with Gasteiger partial charge in [-0.1, -0.05) is 18.2 Å². The number of aryl methyl sites for hydroxylation is 1. The average Bonchev–Trinajstić information content (AvgIpc) is 2.39. The van der Waals surface area contributed by atoms with Gasteiger partial charge < -0.3 is 5.32 Å². The topological polar surface area (TPSA) is 65.8 Å². The van der Waals surface area contributed by atoms with Gasteiger partial charge in [-0.05, 0) is 31.2 Å². The van der Waals surface area contributed by atoms with E-state index >= 15 is 0 Å². The Morgan fingerprint density at radius 2 is 2.00 bits per heavy atom. The number of nitrogens with zero attached hydrogens (tertiary/aromatic N) is 2. The molecule has 0 atom stereocenters. The van der Waals surface area contributed by atoms with Crippen molar-refractivity contribution in [1.82, 2.24) is 4.98 Å². The van der Waals surface area contributed by atoms with Crippen LogP contribution in [0.3, 0.4) is 0 Å². The monoisotopic (exact) mass is 237 g/mol. The summed E-state index contributed by atoms with van der Waals surface area (Å²) in [6, 6.07) is 14.1. The highest BCUT2D eigenvalue weighted by Gasteiger charge is 2.09. The molecule has 0 aliphatic rings. The summed E-state index contributed by atoms with van der Waals surface area (Å²) in [5, 5.41) is 11.6. The lowest BCUT2D eigenvalue weighted by atomic mass is 10.2. The number of hydrogen-bond acceptors (Lipinski definition) is 3. The second-order valence-corrected chi connectivity index (χ2v) is 3.78. The largest absolute Gasteiger partial charge is 0.319 e. The van der Waals surface area contributed by atoms with Crippen LogP contribution in [-0.2, 0) is 0 Å². The van der Waals surface area contributed by atoms with E-state index in [4.69, 9.17) is 5.26 Å².